The van der Waals surface area contributed by atoms with E-state index in [2.05, 4.69) is 5.32 Å². The quantitative estimate of drug-likeness (QED) is 0.356. The molecule has 2 amide bonds. The number of anilines is 1. The zero-order valence-electron chi connectivity index (χ0n) is 22.1. The van der Waals surface area contributed by atoms with Gasteiger partial charge in [0.25, 0.3) is 0 Å². The van der Waals surface area contributed by atoms with Crippen LogP contribution >= 0.6 is 11.6 Å². The lowest BCUT2D eigenvalue weighted by Crippen LogP contribution is -2.54. The van der Waals surface area contributed by atoms with Gasteiger partial charge >= 0.3 is 10.2 Å². The molecular weight excluding hydrogens is 543 g/mol. The fourth-order valence-electron chi connectivity index (χ4n) is 3.99. The minimum atomic E-state index is -4.28. The third kappa shape index (κ3) is 7.78. The zero-order chi connectivity index (χ0) is 28.6. The van der Waals surface area contributed by atoms with Crippen molar-refractivity contribution in [1.82, 2.24) is 14.5 Å². The zero-order valence-corrected chi connectivity index (χ0v) is 23.6. The number of carbonyl (C=O) groups is 2. The summed E-state index contributed by atoms with van der Waals surface area (Å²) >= 11 is 6.05. The number of benzene rings is 3. The number of likely N-dealkylation sites (N-methyl/N-ethyl adjacent to an activating group) is 1. The van der Waals surface area contributed by atoms with E-state index in [-0.39, 0.29) is 18.7 Å². The molecule has 3 rings (SSSR count). The van der Waals surface area contributed by atoms with Gasteiger partial charge < -0.3 is 10.2 Å². The lowest BCUT2D eigenvalue weighted by molar-refractivity contribution is -0.140. The van der Waals surface area contributed by atoms with Crippen LogP contribution in [0.4, 0.5) is 10.1 Å². The minimum Gasteiger partial charge on any atom is -0.355 e. The van der Waals surface area contributed by atoms with E-state index in [1.165, 1.54) is 37.2 Å². The molecule has 0 heterocycles. The Bertz CT molecular complexity index is 1370. The van der Waals surface area contributed by atoms with Gasteiger partial charge in [0.2, 0.25) is 11.8 Å². The van der Waals surface area contributed by atoms with Crippen molar-refractivity contribution in [2.45, 2.75) is 25.9 Å². The van der Waals surface area contributed by atoms with Crippen LogP contribution in [-0.4, -0.2) is 62.7 Å². The maximum atomic E-state index is 14.8. The Morgan fingerprint density at radius 1 is 0.923 bits per heavy atom. The number of hydrogen-bond acceptors (Lipinski definition) is 4. The van der Waals surface area contributed by atoms with Gasteiger partial charge in [0.05, 0.1) is 5.69 Å². The molecule has 0 saturated heterocycles. The van der Waals surface area contributed by atoms with Gasteiger partial charge in [0.1, 0.15) is 18.4 Å². The summed E-state index contributed by atoms with van der Waals surface area (Å²) in [5, 5.41) is 3.29. The molecule has 1 atom stereocenters. The van der Waals surface area contributed by atoms with E-state index in [4.69, 9.17) is 11.6 Å². The number of nitrogens with one attached hydrogen (secondary N) is 1. The van der Waals surface area contributed by atoms with E-state index in [1.54, 1.807) is 31.2 Å². The summed E-state index contributed by atoms with van der Waals surface area (Å²) in [7, 11) is -1.68. The normalized spacial score (nSPS) is 12.2. The van der Waals surface area contributed by atoms with Crippen LogP contribution in [0.5, 0.6) is 0 Å². The highest BCUT2D eigenvalue weighted by molar-refractivity contribution is 7.90. The first-order valence-electron chi connectivity index (χ1n) is 12.3. The van der Waals surface area contributed by atoms with Crippen molar-refractivity contribution in [1.29, 1.82) is 0 Å². The second-order valence-corrected chi connectivity index (χ2v) is 11.5. The number of para-hydroxylation sites is 1. The number of nitrogens with zero attached hydrogens (tertiary/aromatic N) is 3. The molecule has 0 saturated carbocycles. The summed E-state index contributed by atoms with van der Waals surface area (Å²) in [6.45, 7) is 1.38. The predicted molar refractivity (Wildman–Crippen MR) is 151 cm³/mol. The van der Waals surface area contributed by atoms with Gasteiger partial charge in [0.15, 0.2) is 0 Å². The molecule has 0 aromatic heterocycles. The van der Waals surface area contributed by atoms with E-state index in [0.29, 0.717) is 17.1 Å². The summed E-state index contributed by atoms with van der Waals surface area (Å²) < 4.78 is 43.0. The van der Waals surface area contributed by atoms with Crippen molar-refractivity contribution < 1.29 is 22.4 Å². The number of amides is 2. The predicted octanol–water partition coefficient (Wildman–Crippen LogP) is 3.87. The molecule has 1 N–H and O–H groups in total. The lowest BCUT2D eigenvalue weighted by Gasteiger charge is -2.34. The van der Waals surface area contributed by atoms with Crippen LogP contribution in [0.25, 0.3) is 0 Å². The van der Waals surface area contributed by atoms with Crippen molar-refractivity contribution in [3.8, 4) is 0 Å². The molecule has 0 spiro atoms. The van der Waals surface area contributed by atoms with Gasteiger partial charge in [-0.25, -0.2) is 8.70 Å². The van der Waals surface area contributed by atoms with Crippen LogP contribution in [0.1, 0.15) is 18.1 Å². The molecule has 11 heteroatoms. The van der Waals surface area contributed by atoms with E-state index in [9.17, 15) is 22.4 Å². The van der Waals surface area contributed by atoms with Gasteiger partial charge in [-0.3, -0.25) is 9.59 Å². The van der Waals surface area contributed by atoms with E-state index >= 15 is 0 Å². The van der Waals surface area contributed by atoms with Crippen molar-refractivity contribution in [2.75, 3.05) is 31.5 Å². The van der Waals surface area contributed by atoms with Crippen LogP contribution in [-0.2, 0) is 32.8 Å². The molecule has 0 aliphatic rings. The third-order valence-corrected chi connectivity index (χ3v) is 8.09. The first-order valence-corrected chi connectivity index (χ1v) is 14.1. The summed E-state index contributed by atoms with van der Waals surface area (Å²) in [5.74, 6) is -1.87. The summed E-state index contributed by atoms with van der Waals surface area (Å²) in [6.07, 6.45) is 0.187. The first-order chi connectivity index (χ1) is 18.5. The van der Waals surface area contributed by atoms with Crippen molar-refractivity contribution in [3.63, 3.8) is 0 Å². The fraction of sp³-hybridized carbons (Fsp3) is 0.286. The van der Waals surface area contributed by atoms with Gasteiger partial charge in [-0.05, 0) is 42.3 Å². The molecule has 39 heavy (non-hydrogen) atoms. The Morgan fingerprint density at radius 2 is 1.54 bits per heavy atom. The summed E-state index contributed by atoms with van der Waals surface area (Å²) in [4.78, 5) is 28.7. The van der Waals surface area contributed by atoms with Gasteiger partial charge in [-0.2, -0.15) is 12.7 Å². The minimum absolute atomic E-state index is 0.00222. The van der Waals surface area contributed by atoms with Crippen LogP contribution < -0.4 is 9.62 Å². The van der Waals surface area contributed by atoms with Crippen LogP contribution in [0.3, 0.4) is 0 Å². The largest absolute Gasteiger partial charge is 0.355 e. The van der Waals surface area contributed by atoms with E-state index in [1.807, 2.05) is 30.3 Å². The maximum Gasteiger partial charge on any atom is 0.304 e. The lowest BCUT2D eigenvalue weighted by atomic mass is 10.0. The topological polar surface area (TPSA) is 90.0 Å². The average molecular weight is 575 g/mol. The highest BCUT2D eigenvalue weighted by Crippen LogP contribution is 2.24. The monoisotopic (exact) mass is 574 g/mol. The first kappa shape index (κ1) is 30.1. The second-order valence-electron chi connectivity index (χ2n) is 9.00. The molecule has 0 fully saturated rings. The molecule has 0 bridgehead atoms. The molecule has 3 aromatic rings. The molecule has 208 valence electrons. The number of rotatable bonds is 12. The Balaban J connectivity index is 2.08. The standard InChI is InChI=1S/C28H32ClFN4O4S/c1-4-31-28(36)26(18-21-10-6-5-7-11-21)33(19-22-14-16-23(29)17-15-22)27(35)20-34(39(37,38)32(2)3)25-13-9-8-12-24(25)30/h5-17,26H,4,18-20H2,1-3H3,(H,31,36)/t26-/m0/s1. The molecule has 0 unspecified atom stereocenters. The van der Waals surface area contributed by atoms with Crippen LogP contribution in [0.15, 0.2) is 78.9 Å². The SMILES string of the molecule is CCNC(=O)[C@H](Cc1ccccc1)N(Cc1ccc(Cl)cc1)C(=O)CN(c1ccccc1F)S(=O)(=O)N(C)C. The number of hydrogen-bond donors (Lipinski definition) is 1. The summed E-state index contributed by atoms with van der Waals surface area (Å²) in [5.41, 5.74) is 1.22. The Hall–Kier alpha value is -3.47. The second kappa shape index (κ2) is 13.5. The van der Waals surface area contributed by atoms with Crippen LogP contribution in [0, 0.1) is 5.82 Å². The Morgan fingerprint density at radius 3 is 2.13 bits per heavy atom. The fourth-order valence-corrected chi connectivity index (χ4v) is 5.18. The summed E-state index contributed by atoms with van der Waals surface area (Å²) in [6, 6.07) is 20.3. The van der Waals surface area contributed by atoms with Crippen molar-refractivity contribution in [3.05, 3.63) is 101 Å². The molecular formula is C28H32ClFN4O4S. The number of halogens is 2. The Kier molecular flexibility index (Phi) is 10.4. The van der Waals surface area contributed by atoms with Crippen molar-refractivity contribution in [2.24, 2.45) is 0 Å². The van der Waals surface area contributed by atoms with Gasteiger partial charge in [-0.15, -0.1) is 0 Å². The highest BCUT2D eigenvalue weighted by atomic mass is 35.5. The van der Waals surface area contributed by atoms with Gasteiger partial charge in [0, 0.05) is 38.6 Å². The highest BCUT2D eigenvalue weighted by Gasteiger charge is 2.35. The van der Waals surface area contributed by atoms with E-state index < -0.39 is 40.4 Å². The average Bonchev–Trinajstić information content (AvgIpc) is 2.91. The molecule has 0 aliphatic heterocycles. The smallest absolute Gasteiger partial charge is 0.304 e. The Labute approximate surface area is 234 Å². The molecule has 0 aliphatic carbocycles. The third-order valence-electron chi connectivity index (χ3n) is 6.03. The van der Waals surface area contributed by atoms with Crippen molar-refractivity contribution >= 4 is 39.3 Å². The molecule has 0 radical (unpaired) electrons. The maximum absolute atomic E-state index is 14.8. The van der Waals surface area contributed by atoms with E-state index in [0.717, 1.165) is 20.2 Å². The van der Waals surface area contributed by atoms with Crippen LogP contribution in [0.2, 0.25) is 5.02 Å². The number of carbonyl (C=O) groups excluding carboxylic acids is 2. The van der Waals surface area contributed by atoms with Gasteiger partial charge in [-0.1, -0.05) is 66.2 Å². The molecule has 3 aromatic carbocycles. The molecule has 8 nitrogen and oxygen atoms in total.